The molecule has 4 aliphatic rings. The van der Waals surface area contributed by atoms with Gasteiger partial charge in [-0.25, -0.2) is 4.90 Å². The first-order valence-corrected chi connectivity index (χ1v) is 14.6. The van der Waals surface area contributed by atoms with Crippen molar-refractivity contribution in [2.75, 3.05) is 25.2 Å². The smallest absolute Gasteiger partial charge is 0.240 e. The average molecular weight is 641 g/mol. The lowest BCUT2D eigenvalue weighted by Gasteiger charge is -2.33. The Labute approximate surface area is 255 Å². The van der Waals surface area contributed by atoms with Gasteiger partial charge in [-0.1, -0.05) is 36.4 Å². The van der Waals surface area contributed by atoms with Crippen molar-refractivity contribution < 1.29 is 33.4 Å². The van der Waals surface area contributed by atoms with Crippen LogP contribution in [0.3, 0.4) is 0 Å². The fourth-order valence-corrected chi connectivity index (χ4v) is 6.91. The summed E-state index contributed by atoms with van der Waals surface area (Å²) < 4.78 is 17.2. The number of imide groups is 1. The van der Waals surface area contributed by atoms with E-state index in [1.807, 2.05) is 6.07 Å². The van der Waals surface area contributed by atoms with Crippen molar-refractivity contribution in [3.63, 3.8) is 0 Å². The molecule has 0 N–H and O–H groups in total. The number of carbonyl (C=O) groups excluding carboxylic acids is 4. The van der Waals surface area contributed by atoms with Crippen molar-refractivity contribution in [1.29, 1.82) is 0 Å². The standard InChI is InChI=1S/C33H25BrN2O7/c1-41-24-9-7-19(15-22(24)34)31(38)29-28-27(23-16-20(11-12-35(23)29)30(37)18-5-3-2-4-6-18)32(39)36(33(28)40)21-8-10-25-26(17-21)43-14-13-42-25/h2-12,15-17,23,27-29H,13-14H2,1H3. The van der Waals surface area contributed by atoms with Crippen molar-refractivity contribution in [1.82, 2.24) is 4.90 Å². The Hall–Kier alpha value is -4.70. The predicted molar refractivity (Wildman–Crippen MR) is 159 cm³/mol. The van der Waals surface area contributed by atoms with Crippen LogP contribution in [0.25, 0.3) is 0 Å². The van der Waals surface area contributed by atoms with Crippen molar-refractivity contribution in [3.05, 3.63) is 106 Å². The minimum Gasteiger partial charge on any atom is -0.496 e. The van der Waals surface area contributed by atoms with E-state index >= 15 is 0 Å². The molecule has 3 aromatic carbocycles. The largest absolute Gasteiger partial charge is 0.496 e. The molecular formula is C33H25BrN2O7. The number of amides is 2. The van der Waals surface area contributed by atoms with Gasteiger partial charge in [0.15, 0.2) is 23.1 Å². The van der Waals surface area contributed by atoms with Crippen LogP contribution in [-0.2, 0) is 9.59 Å². The van der Waals surface area contributed by atoms with E-state index in [9.17, 15) is 19.2 Å². The number of carbonyl (C=O) groups is 4. The average Bonchev–Trinajstić information content (AvgIpc) is 3.51. The van der Waals surface area contributed by atoms with Crippen LogP contribution in [-0.4, -0.2) is 60.7 Å². The number of fused-ring (bicyclic) bond motifs is 4. The molecular weight excluding hydrogens is 616 g/mol. The van der Waals surface area contributed by atoms with Gasteiger partial charge in [-0.3, -0.25) is 19.2 Å². The Balaban J connectivity index is 1.30. The summed E-state index contributed by atoms with van der Waals surface area (Å²) in [6, 6.07) is 17.1. The van der Waals surface area contributed by atoms with Crippen molar-refractivity contribution in [2.24, 2.45) is 11.8 Å². The van der Waals surface area contributed by atoms with Crippen LogP contribution in [0.1, 0.15) is 20.7 Å². The van der Waals surface area contributed by atoms with Gasteiger partial charge in [-0.2, -0.15) is 0 Å². The SMILES string of the molecule is COc1ccc(C(=O)C2C3C(=O)N(c4ccc5c(c4)OCCO5)C(=O)C3C3C=C(C(=O)c4ccccc4)C=CN32)cc1Br. The topological polar surface area (TPSA) is 102 Å². The lowest BCUT2D eigenvalue weighted by atomic mass is 9.85. The van der Waals surface area contributed by atoms with Crippen LogP contribution >= 0.6 is 15.9 Å². The number of methoxy groups -OCH3 is 1. The number of allylic oxidation sites excluding steroid dienone is 2. The maximum Gasteiger partial charge on any atom is 0.240 e. The van der Waals surface area contributed by atoms with Crippen LogP contribution < -0.4 is 19.1 Å². The van der Waals surface area contributed by atoms with E-state index in [1.165, 1.54) is 7.11 Å². The first-order chi connectivity index (χ1) is 20.9. The molecule has 4 aliphatic heterocycles. The Morgan fingerprint density at radius 1 is 0.884 bits per heavy atom. The van der Waals surface area contributed by atoms with Crippen molar-refractivity contribution in [3.8, 4) is 17.2 Å². The third-order valence-corrected chi connectivity index (χ3v) is 8.95. The van der Waals surface area contributed by atoms with Gasteiger partial charge in [-0.15, -0.1) is 0 Å². The number of hydrogen-bond donors (Lipinski definition) is 0. The molecule has 7 rings (SSSR count). The summed E-state index contributed by atoms with van der Waals surface area (Å²) in [5.74, 6) is -1.79. The third-order valence-electron chi connectivity index (χ3n) is 8.34. The van der Waals surface area contributed by atoms with E-state index in [-0.39, 0.29) is 11.6 Å². The Morgan fingerprint density at radius 3 is 2.37 bits per heavy atom. The van der Waals surface area contributed by atoms with Gasteiger partial charge in [0.2, 0.25) is 11.8 Å². The number of rotatable bonds is 6. The molecule has 0 aliphatic carbocycles. The number of halogens is 1. The van der Waals surface area contributed by atoms with Gasteiger partial charge in [0.05, 0.1) is 35.1 Å². The highest BCUT2D eigenvalue weighted by Crippen LogP contribution is 2.48. The number of nitrogens with zero attached hydrogens (tertiary/aromatic N) is 2. The molecule has 0 bridgehead atoms. The molecule has 2 fully saturated rings. The zero-order chi connectivity index (χ0) is 29.8. The van der Waals surface area contributed by atoms with Crippen molar-refractivity contribution >= 4 is 45.0 Å². The molecule has 216 valence electrons. The van der Waals surface area contributed by atoms with Gasteiger partial charge >= 0.3 is 0 Å². The number of ether oxygens (including phenoxy) is 3. The number of benzene rings is 3. The zero-order valence-electron chi connectivity index (χ0n) is 22.9. The molecule has 10 heteroatoms. The monoisotopic (exact) mass is 640 g/mol. The van der Waals surface area contributed by atoms with E-state index in [0.29, 0.717) is 57.3 Å². The Morgan fingerprint density at radius 2 is 1.63 bits per heavy atom. The molecule has 9 nitrogen and oxygen atoms in total. The van der Waals surface area contributed by atoms with E-state index in [1.54, 1.807) is 83.9 Å². The highest BCUT2D eigenvalue weighted by Gasteiger charge is 2.63. The number of Topliss-reactive ketones (excluding diaryl/α,β-unsaturated/α-hetero) is 2. The maximum absolute atomic E-state index is 14.2. The molecule has 4 atom stereocenters. The van der Waals surface area contributed by atoms with Crippen LogP contribution in [0.4, 0.5) is 5.69 Å². The second-order valence-electron chi connectivity index (χ2n) is 10.6. The predicted octanol–water partition coefficient (Wildman–Crippen LogP) is 4.61. The lowest BCUT2D eigenvalue weighted by Crippen LogP contribution is -2.46. The number of hydrogen-bond acceptors (Lipinski definition) is 8. The maximum atomic E-state index is 14.2. The summed E-state index contributed by atoms with van der Waals surface area (Å²) in [5, 5.41) is 0. The van der Waals surface area contributed by atoms with Crippen LogP contribution in [0.5, 0.6) is 17.2 Å². The second-order valence-corrected chi connectivity index (χ2v) is 11.5. The van der Waals surface area contributed by atoms with Crippen molar-refractivity contribution in [2.45, 2.75) is 12.1 Å². The van der Waals surface area contributed by atoms with E-state index in [4.69, 9.17) is 14.2 Å². The molecule has 0 saturated carbocycles. The first kappa shape index (κ1) is 27.2. The van der Waals surface area contributed by atoms with Crippen LogP contribution in [0.15, 0.2) is 95.1 Å². The minimum atomic E-state index is -0.980. The van der Waals surface area contributed by atoms with E-state index < -0.39 is 35.7 Å². The molecule has 4 heterocycles. The molecule has 0 aromatic heterocycles. The quantitative estimate of drug-likeness (QED) is 0.284. The molecule has 0 radical (unpaired) electrons. The fraction of sp³-hybridized carbons (Fsp3) is 0.212. The first-order valence-electron chi connectivity index (χ1n) is 13.8. The second kappa shape index (κ2) is 10.5. The highest BCUT2D eigenvalue weighted by molar-refractivity contribution is 9.10. The number of ketones is 2. The van der Waals surface area contributed by atoms with Gasteiger partial charge in [0.25, 0.3) is 0 Å². The normalized spacial score (nSPS) is 23.5. The molecule has 2 saturated heterocycles. The highest BCUT2D eigenvalue weighted by atomic mass is 79.9. The molecule has 2 amide bonds. The molecule has 4 unspecified atom stereocenters. The lowest BCUT2D eigenvalue weighted by molar-refractivity contribution is -0.123. The molecule has 3 aromatic rings. The summed E-state index contributed by atoms with van der Waals surface area (Å²) in [6.45, 7) is 0.759. The summed E-state index contributed by atoms with van der Waals surface area (Å²) in [6.07, 6.45) is 5.02. The van der Waals surface area contributed by atoms with E-state index in [0.717, 1.165) is 4.90 Å². The van der Waals surface area contributed by atoms with Gasteiger partial charge < -0.3 is 19.1 Å². The van der Waals surface area contributed by atoms with Crippen LogP contribution in [0.2, 0.25) is 0 Å². The zero-order valence-corrected chi connectivity index (χ0v) is 24.5. The van der Waals surface area contributed by atoms with Gasteiger partial charge in [0.1, 0.15) is 25.0 Å². The van der Waals surface area contributed by atoms with Gasteiger partial charge in [0, 0.05) is 29.0 Å². The number of anilines is 1. The summed E-state index contributed by atoms with van der Waals surface area (Å²) in [7, 11) is 1.53. The summed E-state index contributed by atoms with van der Waals surface area (Å²) in [4.78, 5) is 58.7. The van der Waals surface area contributed by atoms with E-state index in [2.05, 4.69) is 15.9 Å². The Kier molecular flexibility index (Phi) is 6.65. The molecule has 43 heavy (non-hydrogen) atoms. The fourth-order valence-electron chi connectivity index (χ4n) is 6.37. The summed E-state index contributed by atoms with van der Waals surface area (Å²) in [5.41, 5.74) is 1.60. The van der Waals surface area contributed by atoms with Gasteiger partial charge in [-0.05, 0) is 52.3 Å². The summed E-state index contributed by atoms with van der Waals surface area (Å²) >= 11 is 3.44. The minimum absolute atomic E-state index is 0.206. The Bertz CT molecular complexity index is 1750. The van der Waals surface area contributed by atoms with Crippen LogP contribution in [0, 0.1) is 11.8 Å². The third kappa shape index (κ3) is 4.36. The molecule has 0 spiro atoms.